The van der Waals surface area contributed by atoms with Crippen molar-refractivity contribution in [2.75, 3.05) is 0 Å². The van der Waals surface area contributed by atoms with Crippen molar-refractivity contribution in [1.82, 2.24) is 39.1 Å². The zero-order chi connectivity index (χ0) is 19.1. The van der Waals surface area contributed by atoms with Gasteiger partial charge in [-0.2, -0.15) is 5.10 Å². The third-order valence-corrected chi connectivity index (χ3v) is 4.70. The lowest BCUT2D eigenvalue weighted by Crippen LogP contribution is -2.04. The Morgan fingerprint density at radius 1 is 1.18 bits per heavy atom. The quantitative estimate of drug-likeness (QED) is 0.439. The van der Waals surface area contributed by atoms with E-state index in [2.05, 4.69) is 20.4 Å². The number of pyridine rings is 1. The summed E-state index contributed by atoms with van der Waals surface area (Å²) in [6, 6.07) is 5.75. The normalized spacial score (nSPS) is 11.5. The lowest BCUT2D eigenvalue weighted by molar-refractivity contribution is 0.112. The number of carbonyl (C=O) groups is 1. The van der Waals surface area contributed by atoms with Gasteiger partial charge in [0.2, 0.25) is 5.65 Å². The van der Waals surface area contributed by atoms with E-state index in [0.717, 1.165) is 35.2 Å². The van der Waals surface area contributed by atoms with Crippen molar-refractivity contribution in [2.24, 2.45) is 0 Å². The minimum atomic E-state index is 0.475. The SMILES string of the molecule is CCn1cc(-c2cnc3nnn(Cc4ccn5ccc(C=O)c5c4)c3n2)cn1. The summed E-state index contributed by atoms with van der Waals surface area (Å²) >= 11 is 0. The van der Waals surface area contributed by atoms with E-state index in [1.165, 1.54) is 0 Å². The fourth-order valence-corrected chi connectivity index (χ4v) is 3.20. The highest BCUT2D eigenvalue weighted by molar-refractivity contribution is 5.86. The number of nitrogens with zero attached hydrogens (tertiary/aromatic N) is 8. The summed E-state index contributed by atoms with van der Waals surface area (Å²) in [5, 5.41) is 12.6. The molecule has 0 fully saturated rings. The first-order valence-corrected chi connectivity index (χ1v) is 8.89. The Balaban J connectivity index is 1.53. The van der Waals surface area contributed by atoms with Crippen molar-refractivity contribution in [3.8, 4) is 11.3 Å². The molecule has 0 amide bonds. The molecule has 138 valence electrons. The zero-order valence-corrected chi connectivity index (χ0v) is 15.1. The van der Waals surface area contributed by atoms with E-state index in [1.54, 1.807) is 23.1 Å². The monoisotopic (exact) mass is 372 g/mol. The van der Waals surface area contributed by atoms with E-state index in [9.17, 15) is 4.79 Å². The Bertz CT molecular complexity index is 1310. The molecule has 0 unspecified atom stereocenters. The molecule has 9 heteroatoms. The molecule has 0 bridgehead atoms. The van der Waals surface area contributed by atoms with Crippen molar-refractivity contribution in [1.29, 1.82) is 0 Å². The van der Waals surface area contributed by atoms with E-state index in [-0.39, 0.29) is 0 Å². The van der Waals surface area contributed by atoms with Gasteiger partial charge < -0.3 is 4.40 Å². The highest BCUT2D eigenvalue weighted by atomic mass is 16.1. The van der Waals surface area contributed by atoms with Gasteiger partial charge >= 0.3 is 0 Å². The molecule has 0 radical (unpaired) electrons. The number of aromatic nitrogens is 8. The van der Waals surface area contributed by atoms with Crippen molar-refractivity contribution >= 4 is 23.1 Å². The van der Waals surface area contributed by atoms with Crippen LogP contribution in [0.1, 0.15) is 22.8 Å². The van der Waals surface area contributed by atoms with Gasteiger partial charge in [0, 0.05) is 36.3 Å². The fraction of sp³-hybridized carbons (Fsp3) is 0.158. The molecule has 0 saturated carbocycles. The minimum Gasteiger partial charge on any atom is -0.323 e. The largest absolute Gasteiger partial charge is 0.323 e. The predicted molar refractivity (Wildman–Crippen MR) is 102 cm³/mol. The number of aldehydes is 1. The van der Waals surface area contributed by atoms with Crippen LogP contribution >= 0.6 is 0 Å². The molecule has 0 atom stereocenters. The topological polar surface area (TPSA) is 95.8 Å². The third-order valence-electron chi connectivity index (χ3n) is 4.70. The highest BCUT2D eigenvalue weighted by Crippen LogP contribution is 2.19. The molecule has 0 aliphatic heterocycles. The Hall–Kier alpha value is -3.88. The summed E-state index contributed by atoms with van der Waals surface area (Å²) in [4.78, 5) is 20.3. The van der Waals surface area contributed by atoms with Crippen LogP contribution in [0.3, 0.4) is 0 Å². The van der Waals surface area contributed by atoms with Crippen molar-refractivity contribution in [2.45, 2.75) is 20.0 Å². The van der Waals surface area contributed by atoms with Gasteiger partial charge in [0.05, 0.1) is 30.1 Å². The highest BCUT2D eigenvalue weighted by Gasteiger charge is 2.12. The number of carbonyl (C=O) groups excluding carboxylic acids is 1. The molecule has 0 aliphatic rings. The molecular formula is C19H16N8O. The Morgan fingerprint density at radius 2 is 2.07 bits per heavy atom. The van der Waals surface area contributed by atoms with Gasteiger partial charge in [-0.15, -0.1) is 5.10 Å². The van der Waals surface area contributed by atoms with Gasteiger partial charge in [0.25, 0.3) is 0 Å². The smallest absolute Gasteiger partial charge is 0.221 e. The third kappa shape index (κ3) is 2.64. The van der Waals surface area contributed by atoms with E-state index in [1.807, 2.05) is 46.7 Å². The van der Waals surface area contributed by atoms with Gasteiger partial charge in [-0.25, -0.2) is 14.6 Å². The lowest BCUT2D eigenvalue weighted by Gasteiger charge is -2.04. The molecule has 5 aromatic heterocycles. The van der Waals surface area contributed by atoms with Gasteiger partial charge in [0.1, 0.15) is 0 Å². The average Bonchev–Trinajstić information content (AvgIpc) is 3.45. The summed E-state index contributed by atoms with van der Waals surface area (Å²) in [5.74, 6) is 0. The van der Waals surface area contributed by atoms with Crippen LogP contribution in [0.4, 0.5) is 0 Å². The van der Waals surface area contributed by atoms with Crippen LogP contribution in [-0.4, -0.2) is 45.4 Å². The summed E-state index contributed by atoms with van der Waals surface area (Å²) in [5.41, 5.74) is 5.22. The molecule has 5 heterocycles. The number of rotatable bonds is 5. The maximum atomic E-state index is 11.2. The molecule has 0 N–H and O–H groups in total. The van der Waals surface area contributed by atoms with Crippen molar-refractivity contribution in [3.05, 3.63) is 60.3 Å². The van der Waals surface area contributed by atoms with E-state index < -0.39 is 0 Å². The molecule has 0 saturated heterocycles. The van der Waals surface area contributed by atoms with E-state index in [0.29, 0.717) is 23.4 Å². The van der Waals surface area contributed by atoms with Gasteiger partial charge in [-0.1, -0.05) is 5.21 Å². The molecule has 5 rings (SSSR count). The molecule has 0 aliphatic carbocycles. The van der Waals surface area contributed by atoms with Crippen LogP contribution < -0.4 is 0 Å². The van der Waals surface area contributed by atoms with Crippen molar-refractivity contribution in [3.63, 3.8) is 0 Å². The fourth-order valence-electron chi connectivity index (χ4n) is 3.20. The second kappa shape index (κ2) is 6.38. The number of hydrogen-bond acceptors (Lipinski definition) is 6. The Morgan fingerprint density at radius 3 is 2.89 bits per heavy atom. The van der Waals surface area contributed by atoms with E-state index >= 15 is 0 Å². The van der Waals surface area contributed by atoms with Crippen LogP contribution in [0.2, 0.25) is 0 Å². The average molecular weight is 372 g/mol. The first-order chi connectivity index (χ1) is 13.7. The number of hydrogen-bond donors (Lipinski definition) is 0. The molecule has 5 aromatic rings. The maximum Gasteiger partial charge on any atom is 0.221 e. The van der Waals surface area contributed by atoms with Crippen LogP contribution in [0.5, 0.6) is 0 Å². The molecule has 0 spiro atoms. The molecule has 0 aromatic carbocycles. The van der Waals surface area contributed by atoms with Gasteiger partial charge in [-0.3, -0.25) is 9.48 Å². The summed E-state index contributed by atoms with van der Waals surface area (Å²) in [6.45, 7) is 3.30. The molecule has 28 heavy (non-hydrogen) atoms. The Labute approximate surface area is 159 Å². The van der Waals surface area contributed by atoms with Crippen LogP contribution in [0.15, 0.2) is 49.2 Å². The van der Waals surface area contributed by atoms with Gasteiger partial charge in [-0.05, 0) is 30.7 Å². The van der Waals surface area contributed by atoms with Gasteiger partial charge in [0.15, 0.2) is 11.9 Å². The van der Waals surface area contributed by atoms with Crippen molar-refractivity contribution < 1.29 is 4.79 Å². The second-order valence-corrected chi connectivity index (χ2v) is 6.45. The minimum absolute atomic E-state index is 0.475. The summed E-state index contributed by atoms with van der Waals surface area (Å²) in [7, 11) is 0. The number of fused-ring (bicyclic) bond motifs is 2. The standard InChI is InChI=1S/C19H16N8O/c1-2-26-11-15(8-21-26)16-9-20-18-19(22-16)27(24-23-18)10-13-3-5-25-6-4-14(12-28)17(25)7-13/h3-9,11-12H,2,10H2,1H3. The van der Waals surface area contributed by atoms with Crippen LogP contribution in [0, 0.1) is 0 Å². The lowest BCUT2D eigenvalue weighted by atomic mass is 10.2. The van der Waals surface area contributed by atoms with Crippen LogP contribution in [-0.2, 0) is 13.1 Å². The molecular weight excluding hydrogens is 356 g/mol. The zero-order valence-electron chi connectivity index (χ0n) is 15.1. The van der Waals surface area contributed by atoms with E-state index in [4.69, 9.17) is 4.98 Å². The number of aryl methyl sites for hydroxylation is 1. The Kier molecular flexibility index (Phi) is 3.71. The predicted octanol–water partition coefficient (Wildman–Crippen LogP) is 2.22. The second-order valence-electron chi connectivity index (χ2n) is 6.45. The summed E-state index contributed by atoms with van der Waals surface area (Å²) in [6.07, 6.45) is 10.0. The summed E-state index contributed by atoms with van der Waals surface area (Å²) < 4.78 is 5.47. The first kappa shape index (κ1) is 16.3. The first-order valence-electron chi connectivity index (χ1n) is 8.89. The molecule has 9 nitrogen and oxygen atoms in total. The van der Waals surface area contributed by atoms with Crippen LogP contribution in [0.25, 0.3) is 28.1 Å². The maximum absolute atomic E-state index is 11.2.